The monoisotopic (exact) mass is 717 g/mol. The van der Waals surface area contributed by atoms with Gasteiger partial charge in [-0.15, -0.1) is 0 Å². The molecular formula is C52H31NO3. The van der Waals surface area contributed by atoms with Crippen molar-refractivity contribution in [3.63, 3.8) is 0 Å². The third-order valence-electron chi connectivity index (χ3n) is 11.3. The fourth-order valence-electron chi connectivity index (χ4n) is 8.62. The zero-order valence-electron chi connectivity index (χ0n) is 30.1. The molecule has 0 amide bonds. The number of para-hydroxylation sites is 4. The average molecular weight is 718 g/mol. The number of rotatable bonds is 5. The largest absolute Gasteiger partial charge is 0.456 e. The number of furan rings is 3. The van der Waals surface area contributed by atoms with Gasteiger partial charge in [0.05, 0.1) is 5.69 Å². The van der Waals surface area contributed by atoms with Crippen LogP contribution in [0.3, 0.4) is 0 Å². The topological polar surface area (TPSA) is 42.7 Å². The highest BCUT2D eigenvalue weighted by Gasteiger charge is 2.22. The van der Waals surface area contributed by atoms with Gasteiger partial charge in [-0.1, -0.05) is 121 Å². The highest BCUT2D eigenvalue weighted by atomic mass is 16.3. The first kappa shape index (κ1) is 30.9. The van der Waals surface area contributed by atoms with Gasteiger partial charge in [-0.3, -0.25) is 0 Å². The summed E-state index contributed by atoms with van der Waals surface area (Å²) in [6.07, 6.45) is 0. The van der Waals surface area contributed by atoms with Crippen molar-refractivity contribution < 1.29 is 13.3 Å². The van der Waals surface area contributed by atoms with E-state index in [4.69, 9.17) is 13.3 Å². The van der Waals surface area contributed by atoms with E-state index in [1.54, 1.807) is 0 Å². The highest BCUT2D eigenvalue weighted by molar-refractivity contribution is 6.18. The second-order valence-corrected chi connectivity index (χ2v) is 14.4. The maximum Gasteiger partial charge on any atom is 0.143 e. The molecule has 0 atom stereocenters. The quantitative estimate of drug-likeness (QED) is 0.178. The summed E-state index contributed by atoms with van der Waals surface area (Å²) in [6, 6.07) is 66.1. The van der Waals surface area contributed by atoms with E-state index in [1.807, 2.05) is 24.3 Å². The number of hydrogen-bond acceptors (Lipinski definition) is 4. The Morgan fingerprint density at radius 1 is 0.304 bits per heavy atom. The molecule has 0 aliphatic carbocycles. The molecule has 0 aliphatic rings. The average Bonchev–Trinajstić information content (AvgIpc) is 3.95. The summed E-state index contributed by atoms with van der Waals surface area (Å²) in [4.78, 5) is 2.32. The summed E-state index contributed by atoms with van der Waals surface area (Å²) in [5.41, 5.74) is 12.6. The summed E-state index contributed by atoms with van der Waals surface area (Å²) >= 11 is 0. The van der Waals surface area contributed by atoms with Crippen molar-refractivity contribution in [1.29, 1.82) is 0 Å². The summed E-state index contributed by atoms with van der Waals surface area (Å²) in [7, 11) is 0. The van der Waals surface area contributed by atoms with Gasteiger partial charge >= 0.3 is 0 Å². The molecule has 9 aromatic carbocycles. The van der Waals surface area contributed by atoms with E-state index in [-0.39, 0.29) is 0 Å². The van der Waals surface area contributed by atoms with Crippen molar-refractivity contribution in [3.05, 3.63) is 188 Å². The zero-order chi connectivity index (χ0) is 36.7. The third-order valence-corrected chi connectivity index (χ3v) is 11.3. The fourth-order valence-corrected chi connectivity index (χ4v) is 8.62. The molecule has 0 fully saturated rings. The standard InChI is InChI=1S/C52H31NO3/c1-2-11-37-33(10-1)22-28-45-44-16-9-15-43(52(44)56-51(37)45)38-12-3-6-17-46(38)53(36-26-29-42-40-14-5-8-19-48(40)55-50(42)31-36)35-24-20-32(21-25-35)34-23-27-41-39-13-4-7-18-47(39)54-49(41)30-34/h1-31H. The van der Waals surface area contributed by atoms with Crippen molar-refractivity contribution in [3.8, 4) is 22.3 Å². The molecule has 4 nitrogen and oxygen atoms in total. The SMILES string of the molecule is c1ccc(N(c2ccc(-c3ccc4c(c3)oc3ccccc34)cc2)c2ccc3c(c2)oc2ccccc23)c(-c2cccc3c2oc2c4ccccc4ccc32)c1. The van der Waals surface area contributed by atoms with Gasteiger partial charge in [-0.2, -0.15) is 0 Å². The van der Waals surface area contributed by atoms with Crippen molar-refractivity contribution in [1.82, 2.24) is 0 Å². The summed E-state index contributed by atoms with van der Waals surface area (Å²) < 4.78 is 19.6. The van der Waals surface area contributed by atoms with Gasteiger partial charge in [-0.05, 0) is 77.2 Å². The van der Waals surface area contributed by atoms with Crippen LogP contribution in [-0.4, -0.2) is 0 Å². The number of benzene rings is 9. The van der Waals surface area contributed by atoms with Crippen LogP contribution in [0.4, 0.5) is 17.1 Å². The molecule has 3 aromatic heterocycles. The number of hydrogen-bond donors (Lipinski definition) is 0. The van der Waals surface area contributed by atoms with Crippen LogP contribution >= 0.6 is 0 Å². The van der Waals surface area contributed by atoms with E-state index in [0.717, 1.165) is 116 Å². The van der Waals surface area contributed by atoms with Crippen molar-refractivity contribution in [2.45, 2.75) is 0 Å². The minimum atomic E-state index is 0.841. The first-order valence-corrected chi connectivity index (χ1v) is 18.9. The Labute approximate surface area is 321 Å². The zero-order valence-corrected chi connectivity index (χ0v) is 30.1. The lowest BCUT2D eigenvalue weighted by atomic mass is 9.98. The van der Waals surface area contributed by atoms with Crippen LogP contribution in [0.15, 0.2) is 201 Å². The van der Waals surface area contributed by atoms with E-state index < -0.39 is 0 Å². The van der Waals surface area contributed by atoms with Crippen LogP contribution in [-0.2, 0) is 0 Å². The predicted octanol–water partition coefficient (Wildman–Crippen LogP) is 15.3. The Hall–Kier alpha value is -7.56. The normalized spacial score (nSPS) is 11.9. The van der Waals surface area contributed by atoms with Crippen LogP contribution in [0.5, 0.6) is 0 Å². The number of fused-ring (bicyclic) bond motifs is 11. The van der Waals surface area contributed by atoms with Gasteiger partial charge in [0.1, 0.15) is 33.5 Å². The first-order valence-electron chi connectivity index (χ1n) is 18.9. The van der Waals surface area contributed by atoms with Crippen molar-refractivity contribution in [2.24, 2.45) is 0 Å². The molecule has 3 heterocycles. The van der Waals surface area contributed by atoms with Gasteiger partial charge < -0.3 is 18.2 Å². The van der Waals surface area contributed by atoms with Crippen LogP contribution in [0.25, 0.3) is 98.8 Å². The van der Waals surface area contributed by atoms with E-state index in [9.17, 15) is 0 Å². The molecule has 4 heteroatoms. The van der Waals surface area contributed by atoms with Gasteiger partial charge in [0, 0.05) is 66.3 Å². The Balaban J connectivity index is 1.04. The molecule has 0 saturated carbocycles. The molecule has 0 unspecified atom stereocenters. The minimum absolute atomic E-state index is 0.841. The maximum atomic E-state index is 6.86. The van der Waals surface area contributed by atoms with E-state index in [0.29, 0.717) is 0 Å². The summed E-state index contributed by atoms with van der Waals surface area (Å²) in [5, 5.41) is 8.93. The number of anilines is 3. The van der Waals surface area contributed by atoms with Crippen LogP contribution in [0.2, 0.25) is 0 Å². The minimum Gasteiger partial charge on any atom is -0.456 e. The van der Waals surface area contributed by atoms with Crippen molar-refractivity contribution >= 4 is 93.7 Å². The molecule has 0 aliphatic heterocycles. The Morgan fingerprint density at radius 2 is 0.857 bits per heavy atom. The molecule has 0 spiro atoms. The van der Waals surface area contributed by atoms with E-state index in [1.165, 1.54) is 0 Å². The van der Waals surface area contributed by atoms with Crippen LogP contribution < -0.4 is 4.90 Å². The second kappa shape index (κ2) is 12.0. The Morgan fingerprint density at radius 3 is 1.66 bits per heavy atom. The first-order chi connectivity index (χ1) is 27.7. The second-order valence-electron chi connectivity index (χ2n) is 14.4. The molecule has 12 aromatic rings. The highest BCUT2D eigenvalue weighted by Crippen LogP contribution is 2.46. The summed E-state index contributed by atoms with van der Waals surface area (Å²) in [6.45, 7) is 0. The maximum absolute atomic E-state index is 6.86. The molecular weight excluding hydrogens is 687 g/mol. The van der Waals surface area contributed by atoms with Gasteiger partial charge in [0.2, 0.25) is 0 Å². The third kappa shape index (κ3) is 4.66. The fraction of sp³-hybridized carbons (Fsp3) is 0. The van der Waals surface area contributed by atoms with E-state index in [2.05, 4.69) is 169 Å². The van der Waals surface area contributed by atoms with Crippen LogP contribution in [0, 0.1) is 0 Å². The predicted molar refractivity (Wildman–Crippen MR) is 231 cm³/mol. The summed E-state index contributed by atoms with van der Waals surface area (Å²) in [5.74, 6) is 0. The molecule has 0 N–H and O–H groups in total. The van der Waals surface area contributed by atoms with Gasteiger partial charge in [-0.25, -0.2) is 0 Å². The lowest BCUT2D eigenvalue weighted by Gasteiger charge is -2.28. The lowest BCUT2D eigenvalue weighted by molar-refractivity contribution is 0.668. The Bertz CT molecular complexity index is 3490. The van der Waals surface area contributed by atoms with Crippen LogP contribution in [0.1, 0.15) is 0 Å². The lowest BCUT2D eigenvalue weighted by Crippen LogP contribution is -2.11. The number of nitrogens with zero attached hydrogens (tertiary/aromatic N) is 1. The van der Waals surface area contributed by atoms with Crippen molar-refractivity contribution in [2.75, 3.05) is 4.90 Å². The molecule has 0 radical (unpaired) electrons. The smallest absolute Gasteiger partial charge is 0.143 e. The van der Waals surface area contributed by atoms with Gasteiger partial charge in [0.25, 0.3) is 0 Å². The van der Waals surface area contributed by atoms with E-state index >= 15 is 0 Å². The molecule has 0 bridgehead atoms. The molecule has 12 rings (SSSR count). The molecule has 0 saturated heterocycles. The molecule has 262 valence electrons. The Kier molecular flexibility index (Phi) is 6.60. The molecule has 56 heavy (non-hydrogen) atoms. The van der Waals surface area contributed by atoms with Gasteiger partial charge in [0.15, 0.2) is 0 Å².